The van der Waals surface area contributed by atoms with Crippen LogP contribution in [0.4, 0.5) is 4.79 Å². The fourth-order valence-corrected chi connectivity index (χ4v) is 2.13. The molecule has 15 heavy (non-hydrogen) atoms. The molecule has 1 aromatic heterocycles. The molecule has 1 atom stereocenters. The Labute approximate surface area is 93.1 Å². The molecule has 0 saturated heterocycles. The number of primary amides is 1. The lowest BCUT2D eigenvalue weighted by Crippen LogP contribution is -2.35. The van der Waals surface area contributed by atoms with E-state index >= 15 is 0 Å². The van der Waals surface area contributed by atoms with Crippen molar-refractivity contribution in [1.82, 2.24) is 15.6 Å². The average Bonchev–Trinajstić information content (AvgIpc) is 2.58. The predicted molar refractivity (Wildman–Crippen MR) is 60.9 cm³/mol. The Balaban J connectivity index is 2.28. The molecule has 0 aliphatic rings. The van der Waals surface area contributed by atoms with Crippen LogP contribution >= 0.6 is 11.3 Å². The fourth-order valence-electron chi connectivity index (χ4n) is 1.29. The van der Waals surface area contributed by atoms with E-state index in [4.69, 9.17) is 5.73 Å². The van der Waals surface area contributed by atoms with E-state index in [9.17, 15) is 4.79 Å². The molecule has 1 rings (SSSR count). The van der Waals surface area contributed by atoms with E-state index in [2.05, 4.69) is 22.5 Å². The number of amides is 2. The number of rotatable bonds is 5. The van der Waals surface area contributed by atoms with E-state index in [1.165, 1.54) is 4.88 Å². The molecule has 1 heterocycles. The van der Waals surface area contributed by atoms with Crippen molar-refractivity contribution >= 4 is 17.4 Å². The molecule has 0 aliphatic carbocycles. The van der Waals surface area contributed by atoms with Crippen LogP contribution in [0.1, 0.15) is 23.5 Å². The van der Waals surface area contributed by atoms with Crippen LogP contribution in [-0.4, -0.2) is 24.1 Å². The van der Waals surface area contributed by atoms with Crippen LogP contribution in [0.25, 0.3) is 0 Å². The van der Waals surface area contributed by atoms with Gasteiger partial charge in [0, 0.05) is 24.0 Å². The summed E-state index contributed by atoms with van der Waals surface area (Å²) in [5.74, 6) is 0. The largest absolute Gasteiger partial charge is 0.352 e. The van der Waals surface area contributed by atoms with Crippen LogP contribution in [0.5, 0.6) is 0 Å². The first-order valence-corrected chi connectivity index (χ1v) is 5.66. The summed E-state index contributed by atoms with van der Waals surface area (Å²) in [6.07, 6.45) is 0. The zero-order valence-corrected chi connectivity index (χ0v) is 9.73. The van der Waals surface area contributed by atoms with Gasteiger partial charge in [0.05, 0.1) is 11.2 Å². The molecule has 0 aromatic carbocycles. The van der Waals surface area contributed by atoms with Crippen LogP contribution in [0.2, 0.25) is 0 Å². The second-order valence-corrected chi connectivity index (χ2v) is 4.16. The third-order valence-electron chi connectivity index (χ3n) is 2.05. The Morgan fingerprint density at radius 1 is 1.67 bits per heavy atom. The third-order valence-corrected chi connectivity index (χ3v) is 3.16. The summed E-state index contributed by atoms with van der Waals surface area (Å²) >= 11 is 1.64. The summed E-state index contributed by atoms with van der Waals surface area (Å²) < 4.78 is 0. The Hall–Kier alpha value is -1.14. The van der Waals surface area contributed by atoms with Gasteiger partial charge >= 0.3 is 6.03 Å². The van der Waals surface area contributed by atoms with Gasteiger partial charge in [0.2, 0.25) is 0 Å². The number of nitrogens with one attached hydrogen (secondary N) is 2. The van der Waals surface area contributed by atoms with E-state index in [-0.39, 0.29) is 6.04 Å². The van der Waals surface area contributed by atoms with Crippen LogP contribution in [0.3, 0.4) is 0 Å². The molecular weight excluding hydrogens is 212 g/mol. The summed E-state index contributed by atoms with van der Waals surface area (Å²) in [6.45, 7) is 5.30. The highest BCUT2D eigenvalue weighted by Crippen LogP contribution is 2.20. The molecule has 4 N–H and O–H groups in total. The van der Waals surface area contributed by atoms with Crippen molar-refractivity contribution < 1.29 is 4.79 Å². The zero-order valence-electron chi connectivity index (χ0n) is 8.91. The minimum Gasteiger partial charge on any atom is -0.352 e. The number of nitrogens with zero attached hydrogens (tertiary/aromatic N) is 1. The molecule has 0 saturated carbocycles. The van der Waals surface area contributed by atoms with E-state index in [1.54, 1.807) is 11.3 Å². The van der Waals surface area contributed by atoms with Gasteiger partial charge in [-0.3, -0.25) is 0 Å². The number of carbonyl (C=O) groups excluding carboxylic acids is 1. The van der Waals surface area contributed by atoms with Gasteiger partial charge in [-0.25, -0.2) is 9.78 Å². The first-order valence-electron chi connectivity index (χ1n) is 4.78. The van der Waals surface area contributed by atoms with E-state index in [0.29, 0.717) is 13.1 Å². The second-order valence-electron chi connectivity index (χ2n) is 3.27. The van der Waals surface area contributed by atoms with E-state index in [0.717, 1.165) is 5.69 Å². The predicted octanol–water partition coefficient (Wildman–Crippen LogP) is 0.770. The number of thiazole rings is 1. The molecule has 0 spiro atoms. The Morgan fingerprint density at radius 2 is 2.40 bits per heavy atom. The monoisotopic (exact) mass is 228 g/mol. The summed E-state index contributed by atoms with van der Waals surface area (Å²) in [6, 6.07) is -0.231. The SMILES string of the molecule is Cc1ncsc1C(C)NCCNC(N)=O. The number of hydrogen-bond donors (Lipinski definition) is 3. The van der Waals surface area contributed by atoms with Crippen molar-refractivity contribution in [2.45, 2.75) is 19.9 Å². The minimum absolute atomic E-state index is 0.257. The summed E-state index contributed by atoms with van der Waals surface area (Å²) in [7, 11) is 0. The highest BCUT2D eigenvalue weighted by Gasteiger charge is 2.09. The zero-order chi connectivity index (χ0) is 11.3. The van der Waals surface area contributed by atoms with Gasteiger partial charge in [0.1, 0.15) is 0 Å². The molecule has 0 radical (unpaired) electrons. The van der Waals surface area contributed by atoms with Crippen molar-refractivity contribution in [3.8, 4) is 0 Å². The van der Waals surface area contributed by atoms with Crippen LogP contribution in [-0.2, 0) is 0 Å². The summed E-state index contributed by atoms with van der Waals surface area (Å²) in [5, 5.41) is 5.81. The molecule has 6 heteroatoms. The van der Waals surface area contributed by atoms with Crippen LogP contribution in [0.15, 0.2) is 5.51 Å². The van der Waals surface area contributed by atoms with E-state index in [1.807, 2.05) is 12.4 Å². The van der Waals surface area contributed by atoms with Crippen molar-refractivity contribution in [2.75, 3.05) is 13.1 Å². The Morgan fingerprint density at radius 3 is 2.93 bits per heavy atom. The molecule has 0 fully saturated rings. The van der Waals surface area contributed by atoms with Gasteiger partial charge in [0.25, 0.3) is 0 Å². The van der Waals surface area contributed by atoms with Gasteiger partial charge in [-0.1, -0.05) is 0 Å². The first kappa shape index (κ1) is 11.9. The van der Waals surface area contributed by atoms with Crippen molar-refractivity contribution in [2.24, 2.45) is 5.73 Å². The quantitative estimate of drug-likeness (QED) is 0.651. The Kier molecular flexibility index (Phi) is 4.51. The smallest absolute Gasteiger partial charge is 0.312 e. The van der Waals surface area contributed by atoms with Gasteiger partial charge in [-0.05, 0) is 13.8 Å². The lowest BCUT2D eigenvalue weighted by molar-refractivity contribution is 0.249. The minimum atomic E-state index is -0.488. The van der Waals surface area contributed by atoms with Gasteiger partial charge < -0.3 is 16.4 Å². The highest BCUT2D eigenvalue weighted by atomic mass is 32.1. The van der Waals surface area contributed by atoms with Crippen molar-refractivity contribution in [3.05, 3.63) is 16.1 Å². The maximum atomic E-state index is 10.4. The molecular formula is C9H16N4OS. The summed E-state index contributed by atoms with van der Waals surface area (Å²) in [5.41, 5.74) is 7.84. The van der Waals surface area contributed by atoms with Gasteiger partial charge in [-0.2, -0.15) is 0 Å². The number of nitrogens with two attached hydrogens (primary N) is 1. The molecule has 0 bridgehead atoms. The third kappa shape index (κ3) is 3.85. The maximum Gasteiger partial charge on any atom is 0.312 e. The van der Waals surface area contributed by atoms with Crippen molar-refractivity contribution in [3.63, 3.8) is 0 Å². The van der Waals surface area contributed by atoms with E-state index < -0.39 is 6.03 Å². The number of urea groups is 1. The molecule has 1 unspecified atom stereocenters. The average molecular weight is 228 g/mol. The molecule has 0 aliphatic heterocycles. The number of aromatic nitrogens is 1. The number of carbonyl (C=O) groups is 1. The fraction of sp³-hybridized carbons (Fsp3) is 0.556. The molecule has 1 aromatic rings. The van der Waals surface area contributed by atoms with Crippen LogP contribution in [0, 0.1) is 6.92 Å². The normalized spacial score (nSPS) is 12.4. The van der Waals surface area contributed by atoms with Gasteiger partial charge in [-0.15, -0.1) is 11.3 Å². The number of hydrogen-bond acceptors (Lipinski definition) is 4. The topological polar surface area (TPSA) is 80.0 Å². The standard InChI is InChI=1S/C9H16N4OS/c1-6(8-7(2)13-5-15-8)11-3-4-12-9(10)14/h5-6,11H,3-4H2,1-2H3,(H3,10,12,14). The maximum absolute atomic E-state index is 10.4. The molecule has 2 amide bonds. The highest BCUT2D eigenvalue weighted by molar-refractivity contribution is 7.09. The van der Waals surface area contributed by atoms with Gasteiger partial charge in [0.15, 0.2) is 0 Å². The van der Waals surface area contributed by atoms with Crippen LogP contribution < -0.4 is 16.4 Å². The molecule has 5 nitrogen and oxygen atoms in total. The molecule has 84 valence electrons. The van der Waals surface area contributed by atoms with Crippen molar-refractivity contribution in [1.29, 1.82) is 0 Å². The Bertz CT molecular complexity index is 326. The lowest BCUT2D eigenvalue weighted by Gasteiger charge is -2.12. The summed E-state index contributed by atoms with van der Waals surface area (Å²) in [4.78, 5) is 15.8. The second kappa shape index (κ2) is 5.67. The number of aryl methyl sites for hydroxylation is 1. The first-order chi connectivity index (χ1) is 7.11. The lowest BCUT2D eigenvalue weighted by atomic mass is 10.2.